The number of amides is 1. The summed E-state index contributed by atoms with van der Waals surface area (Å²) in [5.74, 6) is -0.116. The zero-order valence-corrected chi connectivity index (χ0v) is 15.1. The van der Waals surface area contributed by atoms with Gasteiger partial charge in [-0.05, 0) is 50.8 Å². The van der Waals surface area contributed by atoms with Gasteiger partial charge in [-0.2, -0.15) is 0 Å². The highest BCUT2D eigenvalue weighted by atomic mass is 79.9. The SMILES string of the molecule is Cc1cc(Nc2cncc(C(=O)NCCN(C)C)c2)ccc1Br. The summed E-state index contributed by atoms with van der Waals surface area (Å²) in [5.41, 5.74) is 3.42. The normalized spacial score (nSPS) is 10.7. The van der Waals surface area contributed by atoms with Gasteiger partial charge in [-0.1, -0.05) is 15.9 Å². The summed E-state index contributed by atoms with van der Waals surface area (Å²) in [6, 6.07) is 7.80. The highest BCUT2D eigenvalue weighted by Gasteiger charge is 2.07. The largest absolute Gasteiger partial charge is 0.354 e. The number of hydrogen-bond donors (Lipinski definition) is 2. The van der Waals surface area contributed by atoms with Crippen LogP contribution < -0.4 is 10.6 Å². The van der Waals surface area contributed by atoms with E-state index < -0.39 is 0 Å². The van der Waals surface area contributed by atoms with E-state index in [9.17, 15) is 4.79 Å². The lowest BCUT2D eigenvalue weighted by atomic mass is 10.2. The van der Waals surface area contributed by atoms with Crippen LogP contribution in [0.2, 0.25) is 0 Å². The summed E-state index contributed by atoms with van der Waals surface area (Å²) < 4.78 is 1.06. The molecule has 0 saturated carbocycles. The van der Waals surface area contributed by atoms with E-state index in [2.05, 4.69) is 31.5 Å². The monoisotopic (exact) mass is 376 g/mol. The van der Waals surface area contributed by atoms with E-state index in [-0.39, 0.29) is 5.91 Å². The Hall–Kier alpha value is -1.92. The molecule has 0 saturated heterocycles. The highest BCUT2D eigenvalue weighted by Crippen LogP contribution is 2.23. The summed E-state index contributed by atoms with van der Waals surface area (Å²) in [5, 5.41) is 6.15. The van der Waals surface area contributed by atoms with Crippen LogP contribution in [0.1, 0.15) is 15.9 Å². The Bertz CT molecular complexity index is 688. The number of halogens is 1. The van der Waals surface area contributed by atoms with Crippen molar-refractivity contribution in [2.75, 3.05) is 32.5 Å². The van der Waals surface area contributed by atoms with Gasteiger partial charge >= 0.3 is 0 Å². The summed E-state index contributed by atoms with van der Waals surface area (Å²) in [4.78, 5) is 18.3. The molecule has 0 spiro atoms. The van der Waals surface area contributed by atoms with Gasteiger partial charge in [0.25, 0.3) is 5.91 Å². The third-order valence-corrected chi connectivity index (χ3v) is 4.18. The van der Waals surface area contributed by atoms with E-state index in [0.717, 1.165) is 28.0 Å². The molecule has 1 amide bonds. The lowest BCUT2D eigenvalue weighted by molar-refractivity contribution is 0.0950. The first kappa shape index (κ1) is 17.4. The average molecular weight is 377 g/mol. The van der Waals surface area contributed by atoms with Crippen molar-refractivity contribution >= 4 is 33.2 Å². The summed E-state index contributed by atoms with van der Waals surface area (Å²) >= 11 is 3.48. The van der Waals surface area contributed by atoms with Crippen molar-refractivity contribution in [3.63, 3.8) is 0 Å². The number of nitrogens with zero attached hydrogens (tertiary/aromatic N) is 2. The van der Waals surface area contributed by atoms with Crippen LogP contribution in [-0.4, -0.2) is 43.0 Å². The van der Waals surface area contributed by atoms with Crippen LogP contribution in [0.15, 0.2) is 41.1 Å². The molecule has 0 fully saturated rings. The zero-order valence-electron chi connectivity index (χ0n) is 13.6. The number of pyridine rings is 1. The molecule has 2 rings (SSSR count). The Balaban J connectivity index is 2.04. The summed E-state index contributed by atoms with van der Waals surface area (Å²) in [6.45, 7) is 3.44. The van der Waals surface area contributed by atoms with Crippen molar-refractivity contribution in [2.45, 2.75) is 6.92 Å². The molecule has 0 aliphatic carbocycles. The van der Waals surface area contributed by atoms with Gasteiger partial charge in [0.05, 0.1) is 17.4 Å². The number of carbonyl (C=O) groups excluding carboxylic acids is 1. The number of hydrogen-bond acceptors (Lipinski definition) is 4. The van der Waals surface area contributed by atoms with Crippen molar-refractivity contribution in [2.24, 2.45) is 0 Å². The molecule has 0 aliphatic heterocycles. The second-order valence-corrected chi connectivity index (χ2v) is 6.46. The van der Waals surface area contributed by atoms with Gasteiger partial charge in [-0.3, -0.25) is 9.78 Å². The first-order valence-corrected chi connectivity index (χ1v) is 8.16. The number of nitrogens with one attached hydrogen (secondary N) is 2. The Morgan fingerprint density at radius 3 is 2.70 bits per heavy atom. The van der Waals surface area contributed by atoms with Crippen LogP contribution in [0.25, 0.3) is 0 Å². The van der Waals surface area contributed by atoms with Crippen LogP contribution in [0, 0.1) is 6.92 Å². The average Bonchev–Trinajstić information content (AvgIpc) is 2.51. The molecule has 122 valence electrons. The van der Waals surface area contributed by atoms with Crippen LogP contribution in [-0.2, 0) is 0 Å². The van der Waals surface area contributed by atoms with Gasteiger partial charge in [0.1, 0.15) is 0 Å². The standard InChI is InChI=1S/C17H21BrN4O/c1-12-8-14(4-5-16(12)18)21-15-9-13(10-19-11-15)17(23)20-6-7-22(2)3/h4-5,8-11,21H,6-7H2,1-3H3,(H,20,23). The first-order chi connectivity index (χ1) is 11.0. The van der Waals surface area contributed by atoms with Gasteiger partial charge in [0, 0.05) is 29.4 Å². The minimum Gasteiger partial charge on any atom is -0.354 e. The van der Waals surface area contributed by atoms with E-state index in [0.29, 0.717) is 12.1 Å². The molecular weight excluding hydrogens is 356 g/mol. The topological polar surface area (TPSA) is 57.3 Å². The molecule has 1 aromatic carbocycles. The lowest BCUT2D eigenvalue weighted by Crippen LogP contribution is -2.31. The Kier molecular flexibility index (Phi) is 6.12. The van der Waals surface area contributed by atoms with E-state index in [1.807, 2.05) is 44.1 Å². The smallest absolute Gasteiger partial charge is 0.252 e. The summed E-state index contributed by atoms with van der Waals surface area (Å²) in [7, 11) is 3.94. The third-order valence-electron chi connectivity index (χ3n) is 3.29. The molecule has 0 aliphatic rings. The quantitative estimate of drug-likeness (QED) is 0.812. The number of benzene rings is 1. The molecule has 0 atom stereocenters. The number of anilines is 2. The number of carbonyl (C=O) groups is 1. The maximum absolute atomic E-state index is 12.1. The molecule has 1 aromatic heterocycles. The number of aromatic nitrogens is 1. The van der Waals surface area contributed by atoms with Gasteiger partial charge < -0.3 is 15.5 Å². The predicted octanol–water partition coefficient (Wildman–Crippen LogP) is 3.19. The van der Waals surface area contributed by atoms with Gasteiger partial charge in [-0.15, -0.1) is 0 Å². The van der Waals surface area contributed by atoms with Crippen LogP contribution in [0.4, 0.5) is 11.4 Å². The predicted molar refractivity (Wildman–Crippen MR) is 97.3 cm³/mol. The van der Waals surface area contributed by atoms with E-state index in [1.54, 1.807) is 18.5 Å². The zero-order chi connectivity index (χ0) is 16.8. The van der Waals surface area contributed by atoms with Crippen LogP contribution >= 0.6 is 15.9 Å². The molecule has 0 unspecified atom stereocenters. The molecular formula is C17H21BrN4O. The fourth-order valence-electron chi connectivity index (χ4n) is 2.02. The lowest BCUT2D eigenvalue weighted by Gasteiger charge is -2.11. The number of rotatable bonds is 6. The van der Waals surface area contributed by atoms with Crippen molar-refractivity contribution in [3.8, 4) is 0 Å². The summed E-state index contributed by atoms with van der Waals surface area (Å²) in [6.07, 6.45) is 3.27. The second kappa shape index (κ2) is 8.08. The maximum Gasteiger partial charge on any atom is 0.252 e. The van der Waals surface area contributed by atoms with E-state index in [4.69, 9.17) is 0 Å². The van der Waals surface area contributed by atoms with Crippen LogP contribution in [0.5, 0.6) is 0 Å². The van der Waals surface area contributed by atoms with Gasteiger partial charge in [0.2, 0.25) is 0 Å². The van der Waals surface area contributed by atoms with E-state index in [1.165, 1.54) is 0 Å². The fraction of sp³-hybridized carbons (Fsp3) is 0.294. The number of likely N-dealkylation sites (N-methyl/N-ethyl adjacent to an activating group) is 1. The van der Waals surface area contributed by atoms with E-state index >= 15 is 0 Å². The molecule has 1 heterocycles. The molecule has 0 bridgehead atoms. The minimum absolute atomic E-state index is 0.116. The first-order valence-electron chi connectivity index (χ1n) is 7.37. The second-order valence-electron chi connectivity index (χ2n) is 5.61. The van der Waals surface area contributed by atoms with Crippen molar-refractivity contribution in [1.29, 1.82) is 0 Å². The maximum atomic E-state index is 12.1. The Labute approximate surface area is 145 Å². The van der Waals surface area contributed by atoms with Crippen LogP contribution in [0.3, 0.4) is 0 Å². The minimum atomic E-state index is -0.116. The molecule has 23 heavy (non-hydrogen) atoms. The Morgan fingerprint density at radius 2 is 2.00 bits per heavy atom. The van der Waals surface area contributed by atoms with Gasteiger partial charge in [-0.25, -0.2) is 0 Å². The molecule has 2 N–H and O–H groups in total. The third kappa shape index (κ3) is 5.33. The van der Waals surface area contributed by atoms with Gasteiger partial charge in [0.15, 0.2) is 0 Å². The Morgan fingerprint density at radius 1 is 1.22 bits per heavy atom. The molecule has 2 aromatic rings. The molecule has 0 radical (unpaired) electrons. The van der Waals surface area contributed by atoms with Crippen molar-refractivity contribution in [3.05, 3.63) is 52.3 Å². The highest BCUT2D eigenvalue weighted by molar-refractivity contribution is 9.10. The fourth-order valence-corrected chi connectivity index (χ4v) is 2.26. The van der Waals surface area contributed by atoms with Crippen molar-refractivity contribution < 1.29 is 4.79 Å². The van der Waals surface area contributed by atoms with Crippen molar-refractivity contribution in [1.82, 2.24) is 15.2 Å². The molecule has 5 nitrogen and oxygen atoms in total. The molecule has 6 heteroatoms. The number of aryl methyl sites for hydroxylation is 1.